The predicted molar refractivity (Wildman–Crippen MR) is 34.7 cm³/mol. The highest BCUT2D eigenvalue weighted by molar-refractivity contribution is 5.19. The normalized spacial score (nSPS) is 13.1. The fourth-order valence-electron chi connectivity index (χ4n) is 0.870. The third-order valence-corrected chi connectivity index (χ3v) is 1.45. The zero-order chi connectivity index (χ0) is 10.2. The summed E-state index contributed by atoms with van der Waals surface area (Å²) < 4.78 is 50.1. The Kier molecular flexibility index (Phi) is 2.51. The van der Waals surface area contributed by atoms with E-state index in [2.05, 4.69) is 4.98 Å². The van der Waals surface area contributed by atoms with Crippen LogP contribution in [0.2, 0.25) is 0 Å². The molecule has 1 heterocycles. The zero-order valence-electron chi connectivity index (χ0n) is 6.48. The number of hydrogen-bond donors (Lipinski definition) is 1. The first kappa shape index (κ1) is 9.91. The van der Waals surface area contributed by atoms with Gasteiger partial charge in [0.05, 0.1) is 11.7 Å². The average molecular weight is 195 g/mol. The maximum Gasteiger partial charge on any atom is 0.252 e. The number of aliphatic hydroxyl groups excluding tert-OH is 1. The predicted octanol–water partition coefficient (Wildman–Crippen LogP) is 1.69. The van der Waals surface area contributed by atoms with Gasteiger partial charge in [0.1, 0.15) is 0 Å². The van der Waals surface area contributed by atoms with Gasteiger partial charge in [-0.2, -0.15) is 13.8 Å². The molecular formula is C7H5F4NO. The summed E-state index contributed by atoms with van der Waals surface area (Å²) in [7, 11) is 0. The van der Waals surface area contributed by atoms with Crippen molar-refractivity contribution in [3.05, 3.63) is 29.1 Å². The molecule has 0 aliphatic carbocycles. The first-order valence-corrected chi connectivity index (χ1v) is 3.33. The maximum atomic E-state index is 12.7. The Bertz CT molecular complexity index is 314. The smallest absolute Gasteiger partial charge is 0.252 e. The lowest BCUT2D eigenvalue weighted by molar-refractivity contribution is 0.183. The summed E-state index contributed by atoms with van der Waals surface area (Å²) in [6.45, 7) is 0.986. The SMILES string of the molecule is CC(O)c1c(F)c(F)nc(F)c1F. The molecule has 0 aliphatic heterocycles. The van der Waals surface area contributed by atoms with Gasteiger partial charge in [0.2, 0.25) is 0 Å². The van der Waals surface area contributed by atoms with E-state index >= 15 is 0 Å². The highest BCUT2D eigenvalue weighted by Gasteiger charge is 2.23. The van der Waals surface area contributed by atoms with Gasteiger partial charge in [0.15, 0.2) is 11.6 Å². The Labute approximate surface area is 70.8 Å². The van der Waals surface area contributed by atoms with Crippen LogP contribution in [0.1, 0.15) is 18.6 Å². The molecule has 0 aromatic carbocycles. The molecule has 72 valence electrons. The van der Waals surface area contributed by atoms with Crippen molar-refractivity contribution < 1.29 is 22.7 Å². The molecule has 1 N–H and O–H groups in total. The second kappa shape index (κ2) is 3.29. The van der Waals surface area contributed by atoms with Gasteiger partial charge in [0.25, 0.3) is 11.9 Å². The van der Waals surface area contributed by atoms with E-state index in [0.717, 1.165) is 6.92 Å². The van der Waals surface area contributed by atoms with E-state index in [0.29, 0.717) is 0 Å². The quantitative estimate of drug-likeness (QED) is 0.546. The zero-order valence-corrected chi connectivity index (χ0v) is 6.48. The van der Waals surface area contributed by atoms with Gasteiger partial charge in [-0.3, -0.25) is 0 Å². The van der Waals surface area contributed by atoms with Gasteiger partial charge in [-0.25, -0.2) is 8.78 Å². The molecular weight excluding hydrogens is 190 g/mol. The molecule has 0 bridgehead atoms. The molecule has 1 unspecified atom stereocenters. The van der Waals surface area contributed by atoms with Crippen LogP contribution in [0.4, 0.5) is 17.6 Å². The third-order valence-electron chi connectivity index (χ3n) is 1.45. The van der Waals surface area contributed by atoms with Gasteiger partial charge < -0.3 is 5.11 Å². The van der Waals surface area contributed by atoms with Crippen molar-refractivity contribution in [2.45, 2.75) is 13.0 Å². The minimum Gasteiger partial charge on any atom is -0.388 e. The first-order chi connectivity index (χ1) is 5.95. The van der Waals surface area contributed by atoms with E-state index in [9.17, 15) is 17.6 Å². The molecule has 0 fully saturated rings. The van der Waals surface area contributed by atoms with Crippen LogP contribution in [-0.4, -0.2) is 10.1 Å². The van der Waals surface area contributed by atoms with E-state index in [4.69, 9.17) is 5.11 Å². The van der Waals surface area contributed by atoms with Crippen LogP contribution in [0.3, 0.4) is 0 Å². The van der Waals surface area contributed by atoms with Gasteiger partial charge >= 0.3 is 0 Å². The molecule has 0 spiro atoms. The molecule has 1 atom stereocenters. The van der Waals surface area contributed by atoms with Crippen LogP contribution >= 0.6 is 0 Å². The Balaban J connectivity index is 3.46. The fourth-order valence-corrected chi connectivity index (χ4v) is 0.870. The van der Waals surface area contributed by atoms with E-state index in [-0.39, 0.29) is 0 Å². The second-order valence-electron chi connectivity index (χ2n) is 2.41. The van der Waals surface area contributed by atoms with Gasteiger partial charge in [-0.1, -0.05) is 0 Å². The Morgan fingerprint density at radius 3 is 1.77 bits per heavy atom. The molecule has 1 aromatic rings. The van der Waals surface area contributed by atoms with Crippen molar-refractivity contribution in [1.29, 1.82) is 0 Å². The molecule has 0 saturated heterocycles. The molecule has 1 rings (SSSR count). The van der Waals surface area contributed by atoms with Gasteiger partial charge in [-0.05, 0) is 6.92 Å². The van der Waals surface area contributed by atoms with Crippen LogP contribution in [0, 0.1) is 23.5 Å². The molecule has 0 radical (unpaired) electrons. The Hall–Kier alpha value is -1.17. The molecule has 0 saturated carbocycles. The topological polar surface area (TPSA) is 33.1 Å². The van der Waals surface area contributed by atoms with E-state index in [1.165, 1.54) is 0 Å². The van der Waals surface area contributed by atoms with Crippen molar-refractivity contribution in [2.75, 3.05) is 0 Å². The monoisotopic (exact) mass is 195 g/mol. The molecule has 2 nitrogen and oxygen atoms in total. The molecule has 0 aliphatic rings. The van der Waals surface area contributed by atoms with Crippen molar-refractivity contribution >= 4 is 0 Å². The lowest BCUT2D eigenvalue weighted by Gasteiger charge is -2.07. The largest absolute Gasteiger partial charge is 0.388 e. The summed E-state index contributed by atoms with van der Waals surface area (Å²) in [4.78, 5) is 2.32. The van der Waals surface area contributed by atoms with E-state index in [1.54, 1.807) is 0 Å². The minimum absolute atomic E-state index is 0.986. The summed E-state index contributed by atoms with van der Waals surface area (Å²) in [6.07, 6.45) is -1.63. The summed E-state index contributed by atoms with van der Waals surface area (Å²) in [5.74, 6) is -6.88. The summed E-state index contributed by atoms with van der Waals surface area (Å²) in [5, 5.41) is 8.79. The minimum atomic E-state index is -1.77. The lowest BCUT2D eigenvalue weighted by Crippen LogP contribution is -2.08. The number of aromatic nitrogens is 1. The van der Waals surface area contributed by atoms with Crippen LogP contribution in [-0.2, 0) is 0 Å². The van der Waals surface area contributed by atoms with Crippen LogP contribution < -0.4 is 0 Å². The Morgan fingerprint density at radius 1 is 1.08 bits per heavy atom. The number of nitrogens with zero attached hydrogens (tertiary/aromatic N) is 1. The summed E-state index contributed by atoms with van der Waals surface area (Å²) in [5.41, 5.74) is -1.05. The van der Waals surface area contributed by atoms with Crippen LogP contribution in [0.5, 0.6) is 0 Å². The van der Waals surface area contributed by atoms with E-state index in [1.807, 2.05) is 0 Å². The standard InChI is InChI=1S/C7H5F4NO/c1-2(13)3-4(8)6(10)12-7(11)5(3)9/h2,13H,1H3. The van der Waals surface area contributed by atoms with Crippen molar-refractivity contribution in [1.82, 2.24) is 4.98 Å². The fraction of sp³-hybridized carbons (Fsp3) is 0.286. The van der Waals surface area contributed by atoms with Gasteiger partial charge in [0, 0.05) is 0 Å². The Morgan fingerprint density at radius 2 is 1.46 bits per heavy atom. The third kappa shape index (κ3) is 1.62. The molecule has 13 heavy (non-hydrogen) atoms. The maximum absolute atomic E-state index is 12.7. The first-order valence-electron chi connectivity index (χ1n) is 3.33. The lowest BCUT2D eigenvalue weighted by atomic mass is 10.1. The number of hydrogen-bond acceptors (Lipinski definition) is 2. The number of aliphatic hydroxyl groups is 1. The second-order valence-corrected chi connectivity index (χ2v) is 2.41. The van der Waals surface area contributed by atoms with Crippen LogP contribution in [0.25, 0.3) is 0 Å². The van der Waals surface area contributed by atoms with Crippen molar-refractivity contribution in [3.8, 4) is 0 Å². The average Bonchev–Trinajstić information content (AvgIpc) is 2.01. The van der Waals surface area contributed by atoms with Crippen molar-refractivity contribution in [3.63, 3.8) is 0 Å². The van der Waals surface area contributed by atoms with E-state index < -0.39 is 35.2 Å². The highest BCUT2D eigenvalue weighted by atomic mass is 19.2. The number of pyridine rings is 1. The van der Waals surface area contributed by atoms with Crippen molar-refractivity contribution in [2.24, 2.45) is 0 Å². The number of rotatable bonds is 1. The van der Waals surface area contributed by atoms with Gasteiger partial charge in [-0.15, -0.1) is 0 Å². The number of halogens is 4. The van der Waals surface area contributed by atoms with Crippen LogP contribution in [0.15, 0.2) is 0 Å². The summed E-state index contributed by atoms with van der Waals surface area (Å²) in [6, 6.07) is 0. The molecule has 1 aromatic heterocycles. The highest BCUT2D eigenvalue weighted by Crippen LogP contribution is 2.22. The summed E-state index contributed by atoms with van der Waals surface area (Å²) >= 11 is 0. The molecule has 6 heteroatoms. The molecule has 0 amide bonds.